The first-order valence-electron chi connectivity index (χ1n) is 8.62. The number of nitrogens with zero attached hydrogens (tertiary/aromatic N) is 2. The SMILES string of the molecule is CCOC(=O)Cn1c(-c2ccc(C(C)(C)C)cc2)nc2ccccc21. The Labute approximate surface area is 148 Å². The van der Waals surface area contributed by atoms with Crippen molar-refractivity contribution in [1.29, 1.82) is 0 Å². The lowest BCUT2D eigenvalue weighted by atomic mass is 9.87. The first-order chi connectivity index (χ1) is 11.9. The summed E-state index contributed by atoms with van der Waals surface area (Å²) in [6.07, 6.45) is 0. The number of hydrogen-bond donors (Lipinski definition) is 0. The van der Waals surface area contributed by atoms with Crippen molar-refractivity contribution >= 4 is 17.0 Å². The molecule has 0 aliphatic carbocycles. The third-order valence-corrected chi connectivity index (χ3v) is 4.26. The predicted molar refractivity (Wildman–Crippen MR) is 101 cm³/mol. The number of fused-ring (bicyclic) bond motifs is 1. The quantitative estimate of drug-likeness (QED) is 0.656. The molecule has 0 aliphatic rings. The first kappa shape index (κ1) is 17.2. The molecule has 130 valence electrons. The summed E-state index contributed by atoms with van der Waals surface area (Å²) in [5, 5.41) is 0. The Hall–Kier alpha value is -2.62. The molecule has 4 nitrogen and oxygen atoms in total. The normalized spacial score (nSPS) is 11.7. The molecular weight excluding hydrogens is 312 g/mol. The van der Waals surface area contributed by atoms with Crippen LogP contribution in [0.3, 0.4) is 0 Å². The molecule has 4 heteroatoms. The lowest BCUT2D eigenvalue weighted by Crippen LogP contribution is -2.14. The third-order valence-electron chi connectivity index (χ3n) is 4.26. The molecule has 1 heterocycles. The van der Waals surface area contributed by atoms with Crippen LogP contribution in [0.25, 0.3) is 22.4 Å². The van der Waals surface area contributed by atoms with E-state index in [0.717, 1.165) is 22.4 Å². The highest BCUT2D eigenvalue weighted by Crippen LogP contribution is 2.28. The molecule has 0 fully saturated rings. The van der Waals surface area contributed by atoms with Crippen molar-refractivity contribution in [2.75, 3.05) is 6.61 Å². The lowest BCUT2D eigenvalue weighted by molar-refractivity contribution is -0.143. The van der Waals surface area contributed by atoms with Crippen LogP contribution in [0.5, 0.6) is 0 Å². The minimum Gasteiger partial charge on any atom is -0.465 e. The number of rotatable bonds is 4. The van der Waals surface area contributed by atoms with E-state index in [-0.39, 0.29) is 17.9 Å². The molecule has 0 N–H and O–H groups in total. The topological polar surface area (TPSA) is 44.1 Å². The van der Waals surface area contributed by atoms with Crippen LogP contribution in [-0.4, -0.2) is 22.1 Å². The largest absolute Gasteiger partial charge is 0.465 e. The Morgan fingerprint density at radius 2 is 1.76 bits per heavy atom. The van der Waals surface area contributed by atoms with Crippen LogP contribution in [0, 0.1) is 0 Å². The summed E-state index contributed by atoms with van der Waals surface area (Å²) in [6.45, 7) is 8.93. The maximum Gasteiger partial charge on any atom is 0.326 e. The minimum absolute atomic E-state index is 0.101. The van der Waals surface area contributed by atoms with Crippen molar-refractivity contribution in [2.24, 2.45) is 0 Å². The van der Waals surface area contributed by atoms with E-state index < -0.39 is 0 Å². The second-order valence-electron chi connectivity index (χ2n) is 7.14. The van der Waals surface area contributed by atoms with E-state index in [0.29, 0.717) is 6.61 Å². The van der Waals surface area contributed by atoms with Crippen LogP contribution in [0.2, 0.25) is 0 Å². The zero-order chi connectivity index (χ0) is 18.0. The van der Waals surface area contributed by atoms with Crippen LogP contribution >= 0.6 is 0 Å². The zero-order valence-electron chi connectivity index (χ0n) is 15.2. The average Bonchev–Trinajstić information content (AvgIpc) is 2.93. The number of esters is 1. The summed E-state index contributed by atoms with van der Waals surface area (Å²) in [6, 6.07) is 16.3. The van der Waals surface area contributed by atoms with Crippen LogP contribution in [0.4, 0.5) is 0 Å². The molecule has 0 saturated carbocycles. The van der Waals surface area contributed by atoms with Gasteiger partial charge in [0.2, 0.25) is 0 Å². The molecular formula is C21H24N2O2. The summed E-state index contributed by atoms with van der Waals surface area (Å²) >= 11 is 0. The fourth-order valence-corrected chi connectivity index (χ4v) is 2.91. The zero-order valence-corrected chi connectivity index (χ0v) is 15.2. The number of hydrogen-bond acceptors (Lipinski definition) is 3. The second-order valence-corrected chi connectivity index (χ2v) is 7.14. The van der Waals surface area contributed by atoms with E-state index in [9.17, 15) is 4.79 Å². The number of benzene rings is 2. The highest BCUT2D eigenvalue weighted by Gasteiger charge is 2.17. The van der Waals surface area contributed by atoms with E-state index in [1.807, 2.05) is 35.8 Å². The van der Waals surface area contributed by atoms with Crippen LogP contribution in [-0.2, 0) is 21.5 Å². The third kappa shape index (κ3) is 3.58. The molecule has 0 radical (unpaired) electrons. The summed E-state index contributed by atoms with van der Waals surface area (Å²) in [5.74, 6) is 0.535. The predicted octanol–water partition coefficient (Wildman–Crippen LogP) is 4.56. The van der Waals surface area contributed by atoms with Gasteiger partial charge in [-0.05, 0) is 30.0 Å². The molecule has 0 aliphatic heterocycles. The van der Waals surface area contributed by atoms with Crippen LogP contribution in [0.15, 0.2) is 48.5 Å². The van der Waals surface area contributed by atoms with Gasteiger partial charge in [0.15, 0.2) is 0 Å². The Morgan fingerprint density at radius 3 is 2.40 bits per heavy atom. The number of carbonyl (C=O) groups excluding carboxylic acids is 1. The number of para-hydroxylation sites is 2. The Balaban J connectivity index is 2.07. The summed E-state index contributed by atoms with van der Waals surface area (Å²) < 4.78 is 7.06. The van der Waals surface area contributed by atoms with E-state index >= 15 is 0 Å². The molecule has 2 aromatic carbocycles. The van der Waals surface area contributed by atoms with Crippen molar-refractivity contribution in [3.05, 3.63) is 54.1 Å². The summed E-state index contributed by atoms with van der Waals surface area (Å²) in [4.78, 5) is 16.8. The number of carbonyl (C=O) groups is 1. The fourth-order valence-electron chi connectivity index (χ4n) is 2.91. The van der Waals surface area contributed by atoms with E-state index in [4.69, 9.17) is 9.72 Å². The molecule has 25 heavy (non-hydrogen) atoms. The van der Waals surface area contributed by atoms with E-state index in [2.05, 4.69) is 45.0 Å². The monoisotopic (exact) mass is 336 g/mol. The Bertz CT molecular complexity index is 886. The highest BCUT2D eigenvalue weighted by atomic mass is 16.5. The molecule has 0 unspecified atom stereocenters. The van der Waals surface area contributed by atoms with E-state index in [1.54, 1.807) is 0 Å². The fraction of sp³-hybridized carbons (Fsp3) is 0.333. The van der Waals surface area contributed by atoms with Gasteiger partial charge in [-0.1, -0.05) is 57.2 Å². The standard InChI is InChI=1S/C21H24N2O2/c1-5-25-19(24)14-23-18-9-7-6-8-17(18)22-20(23)15-10-12-16(13-11-15)21(2,3)4/h6-13H,5,14H2,1-4H3. The second kappa shape index (κ2) is 6.71. The van der Waals surface area contributed by atoms with Gasteiger partial charge in [0, 0.05) is 5.56 Å². The average molecular weight is 336 g/mol. The number of imidazole rings is 1. The molecule has 0 spiro atoms. The van der Waals surface area contributed by atoms with Gasteiger partial charge in [0.05, 0.1) is 17.6 Å². The first-order valence-corrected chi connectivity index (χ1v) is 8.62. The van der Waals surface area contributed by atoms with Gasteiger partial charge in [0.1, 0.15) is 12.4 Å². The maximum atomic E-state index is 12.1. The van der Waals surface area contributed by atoms with Gasteiger partial charge in [-0.15, -0.1) is 0 Å². The molecule has 3 aromatic rings. The number of ether oxygens (including phenoxy) is 1. The van der Waals surface area contributed by atoms with Gasteiger partial charge in [-0.25, -0.2) is 4.98 Å². The van der Waals surface area contributed by atoms with Crippen LogP contribution in [0.1, 0.15) is 33.3 Å². The number of aromatic nitrogens is 2. The minimum atomic E-state index is -0.252. The Kier molecular flexibility index (Phi) is 4.62. The van der Waals surface area contributed by atoms with Gasteiger partial charge in [0.25, 0.3) is 0 Å². The molecule has 0 atom stereocenters. The van der Waals surface area contributed by atoms with Crippen molar-refractivity contribution in [3.63, 3.8) is 0 Å². The highest BCUT2D eigenvalue weighted by molar-refractivity contribution is 5.83. The van der Waals surface area contributed by atoms with Gasteiger partial charge in [-0.3, -0.25) is 4.79 Å². The van der Waals surface area contributed by atoms with Gasteiger partial charge < -0.3 is 9.30 Å². The van der Waals surface area contributed by atoms with Crippen molar-refractivity contribution in [3.8, 4) is 11.4 Å². The van der Waals surface area contributed by atoms with Crippen molar-refractivity contribution < 1.29 is 9.53 Å². The summed E-state index contributed by atoms with van der Waals surface area (Å²) in [7, 11) is 0. The molecule has 0 amide bonds. The Morgan fingerprint density at radius 1 is 1.08 bits per heavy atom. The lowest BCUT2D eigenvalue weighted by Gasteiger charge is -2.19. The summed E-state index contributed by atoms with van der Waals surface area (Å²) in [5.41, 5.74) is 4.17. The molecule has 3 rings (SSSR count). The molecule has 0 saturated heterocycles. The molecule has 1 aromatic heterocycles. The van der Waals surface area contributed by atoms with Gasteiger partial charge in [-0.2, -0.15) is 0 Å². The maximum absolute atomic E-state index is 12.1. The van der Waals surface area contributed by atoms with Crippen LogP contribution < -0.4 is 0 Å². The smallest absolute Gasteiger partial charge is 0.326 e. The van der Waals surface area contributed by atoms with Crippen molar-refractivity contribution in [1.82, 2.24) is 9.55 Å². The van der Waals surface area contributed by atoms with Gasteiger partial charge >= 0.3 is 5.97 Å². The molecule has 0 bridgehead atoms. The van der Waals surface area contributed by atoms with E-state index in [1.165, 1.54) is 5.56 Å². The van der Waals surface area contributed by atoms with Crippen molar-refractivity contribution in [2.45, 2.75) is 39.7 Å².